The summed E-state index contributed by atoms with van der Waals surface area (Å²) < 4.78 is 1.84. The van der Waals surface area contributed by atoms with Crippen molar-refractivity contribution in [2.24, 2.45) is 18.7 Å². The summed E-state index contributed by atoms with van der Waals surface area (Å²) >= 11 is 0. The molecule has 0 unspecified atom stereocenters. The Morgan fingerprint density at radius 1 is 1.29 bits per heavy atom. The highest BCUT2D eigenvalue weighted by atomic mass is 35.5. The van der Waals surface area contributed by atoms with Crippen LogP contribution in [-0.4, -0.2) is 61.0 Å². The summed E-state index contributed by atoms with van der Waals surface area (Å²) in [6.07, 6.45) is 2.16. The second kappa shape index (κ2) is 7.77. The number of carbonyl (C=O) groups is 1. The van der Waals surface area contributed by atoms with Gasteiger partial charge < -0.3 is 25.4 Å². The van der Waals surface area contributed by atoms with Crippen LogP contribution in [0.1, 0.15) is 43.3 Å². The number of aromatic nitrogens is 3. The predicted octanol–water partition coefficient (Wildman–Crippen LogP) is -0.467. The number of likely N-dealkylation sites (tertiary alicyclic amines) is 1. The van der Waals surface area contributed by atoms with E-state index < -0.39 is 6.10 Å². The molecule has 4 N–H and O–H groups in total. The Bertz CT molecular complexity index is 563. The average molecular weight is 360 g/mol. The quantitative estimate of drug-likeness (QED) is 0.671. The fourth-order valence-corrected chi connectivity index (χ4v) is 3.73. The van der Waals surface area contributed by atoms with E-state index in [9.17, 15) is 15.0 Å². The van der Waals surface area contributed by atoms with Crippen LogP contribution < -0.4 is 5.73 Å². The molecule has 8 nitrogen and oxygen atoms in total. The molecule has 136 valence electrons. The van der Waals surface area contributed by atoms with E-state index in [0.29, 0.717) is 31.8 Å². The van der Waals surface area contributed by atoms with Crippen molar-refractivity contribution >= 4 is 18.3 Å². The van der Waals surface area contributed by atoms with E-state index in [4.69, 9.17) is 5.73 Å². The second-order valence-electron chi connectivity index (χ2n) is 6.69. The maximum absolute atomic E-state index is 12.5. The third-order valence-corrected chi connectivity index (χ3v) is 5.24. The molecule has 1 aliphatic heterocycles. The molecular weight excluding hydrogens is 334 g/mol. The third kappa shape index (κ3) is 3.56. The van der Waals surface area contributed by atoms with Crippen molar-refractivity contribution < 1.29 is 15.0 Å². The van der Waals surface area contributed by atoms with Crippen LogP contribution in [0.5, 0.6) is 0 Å². The molecule has 2 fully saturated rings. The van der Waals surface area contributed by atoms with Gasteiger partial charge in [0.15, 0.2) is 5.82 Å². The molecule has 1 aliphatic carbocycles. The normalized spacial score (nSPS) is 28.0. The number of amides is 1. The smallest absolute Gasteiger partial charge is 0.225 e. The molecular formula is C15H26ClN5O3. The van der Waals surface area contributed by atoms with Gasteiger partial charge in [0.1, 0.15) is 12.4 Å². The number of halogens is 1. The number of aliphatic hydroxyl groups excluding tert-OH is 2. The van der Waals surface area contributed by atoms with E-state index in [0.717, 1.165) is 18.7 Å². The van der Waals surface area contributed by atoms with Crippen LogP contribution in [0.25, 0.3) is 0 Å². The lowest BCUT2D eigenvalue weighted by Crippen LogP contribution is -2.41. The zero-order valence-electron chi connectivity index (χ0n) is 13.8. The van der Waals surface area contributed by atoms with Gasteiger partial charge in [-0.05, 0) is 25.7 Å². The Morgan fingerprint density at radius 2 is 1.96 bits per heavy atom. The lowest BCUT2D eigenvalue weighted by Gasteiger charge is -2.33. The zero-order valence-corrected chi connectivity index (χ0v) is 14.7. The minimum atomic E-state index is -0.558. The average Bonchev–Trinajstić information content (AvgIpc) is 3.09. The molecule has 1 amide bonds. The molecule has 1 saturated carbocycles. The van der Waals surface area contributed by atoms with Gasteiger partial charge >= 0.3 is 0 Å². The number of piperidine rings is 1. The Kier molecular flexibility index (Phi) is 6.19. The first-order valence-corrected chi connectivity index (χ1v) is 8.22. The number of nitrogens with two attached hydrogens (primary N) is 1. The van der Waals surface area contributed by atoms with Crippen molar-refractivity contribution in [3.05, 3.63) is 11.6 Å². The zero-order chi connectivity index (χ0) is 16.6. The van der Waals surface area contributed by atoms with Gasteiger partial charge in [-0.2, -0.15) is 0 Å². The van der Waals surface area contributed by atoms with Crippen LogP contribution in [0.2, 0.25) is 0 Å². The maximum atomic E-state index is 12.5. The predicted molar refractivity (Wildman–Crippen MR) is 89.4 cm³/mol. The number of hydrogen-bond acceptors (Lipinski definition) is 6. The monoisotopic (exact) mass is 359 g/mol. The van der Waals surface area contributed by atoms with E-state index in [2.05, 4.69) is 10.2 Å². The highest BCUT2D eigenvalue weighted by Crippen LogP contribution is 2.31. The molecule has 24 heavy (non-hydrogen) atoms. The minimum Gasteiger partial charge on any atom is -0.391 e. The van der Waals surface area contributed by atoms with Gasteiger partial charge in [-0.3, -0.25) is 4.79 Å². The molecule has 2 heterocycles. The van der Waals surface area contributed by atoms with Crippen LogP contribution in [0.3, 0.4) is 0 Å². The van der Waals surface area contributed by atoms with E-state index >= 15 is 0 Å². The molecule has 0 aromatic carbocycles. The van der Waals surface area contributed by atoms with Crippen LogP contribution in [0, 0.1) is 5.92 Å². The summed E-state index contributed by atoms with van der Waals surface area (Å²) in [6, 6.07) is -0.281. The van der Waals surface area contributed by atoms with Gasteiger partial charge in [-0.25, -0.2) is 0 Å². The summed E-state index contributed by atoms with van der Waals surface area (Å²) in [4.78, 5) is 14.4. The van der Waals surface area contributed by atoms with Crippen molar-refractivity contribution in [3.63, 3.8) is 0 Å². The molecule has 1 saturated heterocycles. The molecule has 3 rings (SSSR count). The number of rotatable bonds is 3. The molecule has 2 aliphatic rings. The van der Waals surface area contributed by atoms with Gasteiger partial charge in [-0.1, -0.05) is 0 Å². The standard InChI is InChI=1S/C15H25N5O3.ClH/c1-19-13(8-21)17-18-14(19)9-2-4-20(5-3-9)15(23)10-6-11(16)12(22)7-10;/h9-12,21-22H,2-8,16H2,1H3;1H/t10-,11+,12+;/m0./s1. The van der Waals surface area contributed by atoms with Gasteiger partial charge in [0, 0.05) is 38.0 Å². The van der Waals surface area contributed by atoms with E-state index in [-0.39, 0.29) is 42.8 Å². The summed E-state index contributed by atoms with van der Waals surface area (Å²) in [5.41, 5.74) is 5.81. The summed E-state index contributed by atoms with van der Waals surface area (Å²) in [5.74, 6) is 1.66. The van der Waals surface area contributed by atoms with Crippen molar-refractivity contribution in [1.82, 2.24) is 19.7 Å². The summed E-state index contributed by atoms with van der Waals surface area (Å²) in [7, 11) is 1.86. The topological polar surface area (TPSA) is 118 Å². The van der Waals surface area contributed by atoms with Gasteiger partial charge in [0.05, 0.1) is 6.10 Å². The second-order valence-corrected chi connectivity index (χ2v) is 6.69. The first-order valence-electron chi connectivity index (χ1n) is 8.22. The van der Waals surface area contributed by atoms with Crippen molar-refractivity contribution in [3.8, 4) is 0 Å². The van der Waals surface area contributed by atoms with E-state index in [1.165, 1.54) is 0 Å². The van der Waals surface area contributed by atoms with Crippen molar-refractivity contribution in [1.29, 1.82) is 0 Å². The van der Waals surface area contributed by atoms with Crippen LogP contribution >= 0.6 is 12.4 Å². The molecule has 1 aromatic heterocycles. The summed E-state index contributed by atoms with van der Waals surface area (Å²) in [6.45, 7) is 1.25. The van der Waals surface area contributed by atoms with Crippen LogP contribution in [0.15, 0.2) is 0 Å². The largest absolute Gasteiger partial charge is 0.391 e. The Labute approximate surface area is 147 Å². The molecule has 1 aromatic rings. The first kappa shape index (κ1) is 19.1. The molecule has 3 atom stereocenters. The van der Waals surface area contributed by atoms with Crippen molar-refractivity contribution in [2.45, 2.75) is 50.4 Å². The fourth-order valence-electron chi connectivity index (χ4n) is 3.73. The Balaban J connectivity index is 0.00000208. The van der Waals surface area contributed by atoms with Crippen molar-refractivity contribution in [2.75, 3.05) is 13.1 Å². The van der Waals surface area contributed by atoms with Gasteiger partial charge in [-0.15, -0.1) is 22.6 Å². The molecule has 0 radical (unpaired) electrons. The summed E-state index contributed by atoms with van der Waals surface area (Å²) in [5, 5.41) is 27.1. The lowest BCUT2D eigenvalue weighted by molar-refractivity contribution is -0.136. The number of hydrogen-bond donors (Lipinski definition) is 3. The Hall–Kier alpha value is -1.22. The number of aliphatic hydroxyl groups is 2. The van der Waals surface area contributed by atoms with E-state index in [1.54, 1.807) is 0 Å². The van der Waals surface area contributed by atoms with E-state index in [1.807, 2.05) is 16.5 Å². The van der Waals surface area contributed by atoms with Crippen LogP contribution in [-0.2, 0) is 18.4 Å². The highest BCUT2D eigenvalue weighted by Gasteiger charge is 2.38. The maximum Gasteiger partial charge on any atom is 0.225 e. The number of nitrogens with zero attached hydrogens (tertiary/aromatic N) is 4. The minimum absolute atomic E-state index is 0. The fraction of sp³-hybridized carbons (Fsp3) is 0.800. The highest BCUT2D eigenvalue weighted by molar-refractivity contribution is 5.85. The van der Waals surface area contributed by atoms with Crippen LogP contribution in [0.4, 0.5) is 0 Å². The molecule has 0 bridgehead atoms. The lowest BCUT2D eigenvalue weighted by atomic mass is 9.94. The molecule has 9 heteroatoms. The SMILES string of the molecule is Cl.Cn1c(CO)nnc1C1CCN(C(=O)[C@H]2C[C@@H](N)[C@H](O)C2)CC1. The third-order valence-electron chi connectivity index (χ3n) is 5.24. The van der Waals surface area contributed by atoms with Gasteiger partial charge in [0.2, 0.25) is 5.91 Å². The first-order chi connectivity index (χ1) is 11.0. The Morgan fingerprint density at radius 3 is 2.46 bits per heavy atom. The number of carbonyl (C=O) groups excluding carboxylic acids is 1. The van der Waals surface area contributed by atoms with Gasteiger partial charge in [0.25, 0.3) is 0 Å². The molecule has 0 spiro atoms.